The molecule has 1 N–H and O–H groups in total. The highest BCUT2D eigenvalue weighted by Crippen LogP contribution is 2.30. The third-order valence-corrected chi connectivity index (χ3v) is 5.49. The number of nitro benzene ring substituents is 1. The zero-order valence-corrected chi connectivity index (χ0v) is 16.5. The summed E-state index contributed by atoms with van der Waals surface area (Å²) >= 11 is 0. The number of anilines is 1. The summed E-state index contributed by atoms with van der Waals surface area (Å²) in [6.45, 7) is 4.51. The number of hydrogen-bond donors (Lipinski definition) is 1. The molecule has 9 heteroatoms. The van der Waals surface area contributed by atoms with Crippen molar-refractivity contribution in [2.24, 2.45) is 0 Å². The predicted molar refractivity (Wildman–Crippen MR) is 105 cm³/mol. The van der Waals surface area contributed by atoms with Gasteiger partial charge in [-0.1, -0.05) is 25.1 Å². The van der Waals surface area contributed by atoms with Crippen molar-refractivity contribution in [3.05, 3.63) is 63.2 Å². The van der Waals surface area contributed by atoms with Crippen LogP contribution in [0.15, 0.2) is 41.3 Å². The first-order valence-electron chi connectivity index (χ1n) is 8.45. The van der Waals surface area contributed by atoms with E-state index in [4.69, 9.17) is 4.74 Å². The van der Waals surface area contributed by atoms with Crippen molar-refractivity contribution in [2.45, 2.75) is 25.7 Å². The predicted octanol–water partition coefficient (Wildman–Crippen LogP) is 3.13. The molecule has 28 heavy (non-hydrogen) atoms. The number of ether oxygens (including phenoxy) is 1. The Hall–Kier alpha value is -3.07. The highest BCUT2D eigenvalue weighted by atomic mass is 32.2. The first-order chi connectivity index (χ1) is 13.3. The van der Waals surface area contributed by atoms with E-state index in [2.05, 4.69) is 5.32 Å². The number of aryl methyl sites for hydroxylation is 1. The van der Waals surface area contributed by atoms with Crippen molar-refractivity contribution < 1.29 is 23.5 Å². The van der Waals surface area contributed by atoms with Gasteiger partial charge < -0.3 is 10.1 Å². The van der Waals surface area contributed by atoms with Gasteiger partial charge in [0.25, 0.3) is 11.6 Å². The fraction of sp³-hybridized carbons (Fsp3) is 0.263. The van der Waals surface area contributed by atoms with Gasteiger partial charge in [0.1, 0.15) is 5.69 Å². The Bertz CT molecular complexity index is 957. The van der Waals surface area contributed by atoms with E-state index in [1.165, 1.54) is 12.1 Å². The Balaban J connectivity index is 2.12. The van der Waals surface area contributed by atoms with Crippen LogP contribution in [-0.4, -0.2) is 33.4 Å². The molecule has 0 unspecified atom stereocenters. The summed E-state index contributed by atoms with van der Waals surface area (Å²) in [6, 6.07) is 9.20. The smallest absolute Gasteiger partial charge is 0.339 e. The van der Waals surface area contributed by atoms with E-state index in [-0.39, 0.29) is 16.9 Å². The van der Waals surface area contributed by atoms with Gasteiger partial charge in [-0.25, -0.2) is 4.79 Å². The fourth-order valence-corrected chi connectivity index (χ4v) is 3.42. The molecule has 2 rings (SSSR count). The van der Waals surface area contributed by atoms with E-state index < -0.39 is 34.2 Å². The second-order valence-corrected chi connectivity index (χ2v) is 7.62. The van der Waals surface area contributed by atoms with Crippen LogP contribution in [0.25, 0.3) is 0 Å². The Morgan fingerprint density at radius 2 is 1.86 bits per heavy atom. The van der Waals surface area contributed by atoms with Gasteiger partial charge >= 0.3 is 5.97 Å². The molecule has 2 aromatic carbocycles. The number of carbonyl (C=O) groups is 2. The number of rotatable bonds is 7. The van der Waals surface area contributed by atoms with E-state index in [9.17, 15) is 23.9 Å². The zero-order valence-electron chi connectivity index (χ0n) is 15.7. The third-order valence-electron chi connectivity index (χ3n) is 4.12. The summed E-state index contributed by atoms with van der Waals surface area (Å²) in [6.07, 6.45) is 0. The molecule has 0 saturated heterocycles. The lowest BCUT2D eigenvalue weighted by atomic mass is 10.1. The van der Waals surface area contributed by atoms with Gasteiger partial charge in [0, 0.05) is 11.8 Å². The minimum absolute atomic E-state index is 0.0681. The van der Waals surface area contributed by atoms with E-state index in [1.807, 2.05) is 0 Å². The maximum absolute atomic E-state index is 12.3. The van der Waals surface area contributed by atoms with Gasteiger partial charge in [0.2, 0.25) is 0 Å². The average Bonchev–Trinajstić information content (AvgIpc) is 2.68. The number of nitro groups is 1. The molecule has 0 fully saturated rings. The lowest BCUT2D eigenvalue weighted by Crippen LogP contribution is -2.22. The Labute approximate surface area is 164 Å². The van der Waals surface area contributed by atoms with Crippen LogP contribution in [-0.2, 0) is 20.3 Å². The second kappa shape index (κ2) is 9.23. The topological polar surface area (TPSA) is 116 Å². The molecule has 0 aromatic heterocycles. The Kier molecular flexibility index (Phi) is 7.00. The van der Waals surface area contributed by atoms with E-state index in [0.29, 0.717) is 16.2 Å². The van der Waals surface area contributed by atoms with Crippen LogP contribution >= 0.6 is 0 Å². The number of nitrogens with zero attached hydrogens (tertiary/aromatic N) is 1. The van der Waals surface area contributed by atoms with Crippen molar-refractivity contribution in [3.8, 4) is 0 Å². The molecule has 0 spiro atoms. The number of hydrogen-bond acceptors (Lipinski definition) is 6. The summed E-state index contributed by atoms with van der Waals surface area (Å²) in [4.78, 5) is 35.4. The van der Waals surface area contributed by atoms with Gasteiger partial charge in [0.15, 0.2) is 6.61 Å². The fourth-order valence-electron chi connectivity index (χ4n) is 2.49. The third kappa shape index (κ3) is 4.80. The lowest BCUT2D eigenvalue weighted by Gasteiger charge is -2.12. The van der Waals surface area contributed by atoms with Gasteiger partial charge in [-0.15, -0.1) is 0 Å². The number of benzene rings is 2. The maximum Gasteiger partial charge on any atom is 0.339 e. The molecule has 1 amide bonds. The Morgan fingerprint density at radius 3 is 2.50 bits per heavy atom. The molecule has 0 heterocycles. The van der Waals surface area contributed by atoms with Crippen LogP contribution < -0.4 is 5.32 Å². The van der Waals surface area contributed by atoms with E-state index in [0.717, 1.165) is 5.56 Å². The van der Waals surface area contributed by atoms with Crippen LogP contribution in [0, 0.1) is 24.0 Å². The molecular formula is C19H20N2O6S. The molecule has 0 aliphatic rings. The summed E-state index contributed by atoms with van der Waals surface area (Å²) in [5, 5.41) is 13.6. The maximum atomic E-state index is 12.3. The molecule has 0 saturated carbocycles. The average molecular weight is 404 g/mol. The van der Waals surface area contributed by atoms with Crippen LogP contribution in [0.2, 0.25) is 0 Å². The molecule has 0 bridgehead atoms. The van der Waals surface area contributed by atoms with Crippen LogP contribution in [0.5, 0.6) is 0 Å². The SMILES string of the molecule is CC[S@@](=O)c1ccccc1C(=O)OCC(=O)Nc1c([N+](=O)[O-])ccc(C)c1C. The number of carbonyl (C=O) groups excluding carboxylic acids is 2. The lowest BCUT2D eigenvalue weighted by molar-refractivity contribution is -0.384. The minimum atomic E-state index is -1.36. The summed E-state index contributed by atoms with van der Waals surface area (Å²) in [5.74, 6) is -1.16. The monoisotopic (exact) mass is 404 g/mol. The van der Waals surface area contributed by atoms with Crippen molar-refractivity contribution >= 4 is 34.1 Å². The highest BCUT2D eigenvalue weighted by Gasteiger charge is 2.21. The van der Waals surface area contributed by atoms with Crippen molar-refractivity contribution in [1.82, 2.24) is 0 Å². The van der Waals surface area contributed by atoms with E-state index >= 15 is 0 Å². The molecule has 148 valence electrons. The number of esters is 1. The zero-order chi connectivity index (χ0) is 20.8. The molecule has 0 aliphatic heterocycles. The van der Waals surface area contributed by atoms with Crippen LogP contribution in [0.4, 0.5) is 11.4 Å². The second-order valence-electron chi connectivity index (χ2n) is 5.91. The molecule has 1 atom stereocenters. The van der Waals surface area contributed by atoms with Crippen molar-refractivity contribution in [1.29, 1.82) is 0 Å². The molecule has 8 nitrogen and oxygen atoms in total. The summed E-state index contributed by atoms with van der Waals surface area (Å²) in [5.41, 5.74) is 1.27. The standard InChI is InChI=1S/C19H20N2O6S/c1-4-28(26)16-8-6-5-7-14(16)19(23)27-11-17(22)20-18-13(3)12(2)9-10-15(18)21(24)25/h5-10H,4,11H2,1-3H3,(H,20,22)/t28-/m1/s1. The van der Waals surface area contributed by atoms with Crippen molar-refractivity contribution in [2.75, 3.05) is 17.7 Å². The molecular weight excluding hydrogens is 384 g/mol. The van der Waals surface area contributed by atoms with Crippen LogP contribution in [0.3, 0.4) is 0 Å². The van der Waals surface area contributed by atoms with Gasteiger partial charge in [-0.3, -0.25) is 19.1 Å². The van der Waals surface area contributed by atoms with Gasteiger partial charge in [0.05, 0.1) is 26.2 Å². The number of amides is 1. The molecule has 0 radical (unpaired) electrons. The van der Waals surface area contributed by atoms with Gasteiger partial charge in [-0.05, 0) is 37.1 Å². The number of nitrogens with one attached hydrogen (secondary N) is 1. The summed E-state index contributed by atoms with van der Waals surface area (Å²) < 4.78 is 17.1. The van der Waals surface area contributed by atoms with Crippen molar-refractivity contribution in [3.63, 3.8) is 0 Å². The molecule has 2 aromatic rings. The quantitative estimate of drug-likeness (QED) is 0.431. The molecule has 0 aliphatic carbocycles. The first-order valence-corrected chi connectivity index (χ1v) is 9.77. The van der Waals surface area contributed by atoms with Crippen LogP contribution in [0.1, 0.15) is 28.4 Å². The minimum Gasteiger partial charge on any atom is -0.452 e. The first kappa shape index (κ1) is 21.2. The summed E-state index contributed by atoms with van der Waals surface area (Å²) in [7, 11) is -1.36. The Morgan fingerprint density at radius 1 is 1.18 bits per heavy atom. The largest absolute Gasteiger partial charge is 0.452 e. The van der Waals surface area contributed by atoms with E-state index in [1.54, 1.807) is 45.0 Å². The van der Waals surface area contributed by atoms with Gasteiger partial charge in [-0.2, -0.15) is 0 Å². The normalized spacial score (nSPS) is 11.5. The highest BCUT2D eigenvalue weighted by molar-refractivity contribution is 7.85.